The number of carbonyl (C=O) groups excluding carboxylic acids is 3. The third-order valence-electron chi connectivity index (χ3n) is 4.84. The van der Waals surface area contributed by atoms with Gasteiger partial charge in [0.1, 0.15) is 16.9 Å². The molecule has 2 aromatic rings. The lowest BCUT2D eigenvalue weighted by atomic mass is 10.0. The van der Waals surface area contributed by atoms with Crippen LogP contribution in [0.1, 0.15) is 23.2 Å². The lowest BCUT2D eigenvalue weighted by molar-refractivity contribution is -0.131. The Morgan fingerprint density at radius 1 is 0.862 bits per heavy atom. The van der Waals surface area contributed by atoms with E-state index in [9.17, 15) is 14.4 Å². The Balaban J connectivity index is 1.70. The number of ether oxygens (including phenoxy) is 3. The molecule has 0 spiro atoms. The first-order valence-electron chi connectivity index (χ1n) is 8.97. The zero-order chi connectivity index (χ0) is 21.0. The molecule has 8 heteroatoms. The van der Waals surface area contributed by atoms with E-state index in [1.165, 1.54) is 21.3 Å². The van der Waals surface area contributed by atoms with E-state index >= 15 is 0 Å². The maximum atomic E-state index is 12.8. The lowest BCUT2D eigenvalue weighted by Crippen LogP contribution is -2.35. The summed E-state index contributed by atoms with van der Waals surface area (Å²) in [6.45, 7) is 0. The summed E-state index contributed by atoms with van der Waals surface area (Å²) in [6, 6.07) is 11.3. The fourth-order valence-corrected chi connectivity index (χ4v) is 2.88. The van der Waals surface area contributed by atoms with Crippen molar-refractivity contribution in [1.29, 1.82) is 0 Å². The van der Waals surface area contributed by atoms with E-state index in [0.717, 1.165) is 0 Å². The molecule has 2 N–H and O–H groups in total. The first kappa shape index (κ1) is 20.2. The maximum absolute atomic E-state index is 12.8. The van der Waals surface area contributed by atoms with Gasteiger partial charge in [0.25, 0.3) is 0 Å². The minimum absolute atomic E-state index is 0.371. The number of anilines is 2. The van der Waals surface area contributed by atoms with Gasteiger partial charge in [-0.05, 0) is 49.2 Å². The molecule has 1 fully saturated rings. The molecule has 0 bridgehead atoms. The summed E-state index contributed by atoms with van der Waals surface area (Å²) in [4.78, 5) is 37.0. The Hall–Kier alpha value is -3.55. The minimum atomic E-state index is -1.13. The molecular weight excluding hydrogens is 376 g/mol. The third kappa shape index (κ3) is 4.16. The molecule has 8 nitrogen and oxygen atoms in total. The molecule has 0 atom stereocenters. The maximum Gasteiger partial charge on any atom is 0.337 e. The molecule has 0 aromatic heterocycles. The van der Waals surface area contributed by atoms with Gasteiger partial charge in [-0.25, -0.2) is 4.79 Å². The van der Waals surface area contributed by atoms with Gasteiger partial charge in [0.05, 0.1) is 32.6 Å². The molecule has 152 valence electrons. The SMILES string of the molecule is COC(=O)c1ccc(NC(=O)C2(C(=O)Nc3ccc(OC)cc3OC)CC2)cc1. The van der Waals surface area contributed by atoms with Gasteiger partial charge in [-0.15, -0.1) is 0 Å². The van der Waals surface area contributed by atoms with Crippen LogP contribution in [0, 0.1) is 5.41 Å². The molecular formula is C21H22N2O6. The number of benzene rings is 2. The highest BCUT2D eigenvalue weighted by atomic mass is 16.5. The molecule has 0 radical (unpaired) electrons. The molecule has 2 amide bonds. The van der Waals surface area contributed by atoms with Crippen molar-refractivity contribution in [3.8, 4) is 11.5 Å². The fraction of sp³-hybridized carbons (Fsp3) is 0.286. The number of esters is 1. The molecule has 2 aromatic carbocycles. The number of hydrogen-bond donors (Lipinski definition) is 2. The zero-order valence-electron chi connectivity index (χ0n) is 16.4. The Morgan fingerprint density at radius 3 is 2.07 bits per heavy atom. The van der Waals surface area contributed by atoms with Crippen LogP contribution in [0.15, 0.2) is 42.5 Å². The largest absolute Gasteiger partial charge is 0.497 e. The van der Waals surface area contributed by atoms with Crippen molar-refractivity contribution in [2.75, 3.05) is 32.0 Å². The number of amides is 2. The van der Waals surface area contributed by atoms with Gasteiger partial charge in [-0.3, -0.25) is 9.59 Å². The fourth-order valence-electron chi connectivity index (χ4n) is 2.88. The predicted molar refractivity (Wildman–Crippen MR) is 106 cm³/mol. The molecule has 0 heterocycles. The number of carbonyl (C=O) groups is 3. The van der Waals surface area contributed by atoms with Gasteiger partial charge in [0.15, 0.2) is 0 Å². The van der Waals surface area contributed by atoms with Crippen LogP contribution in [-0.4, -0.2) is 39.1 Å². The number of nitrogens with one attached hydrogen (secondary N) is 2. The summed E-state index contributed by atoms with van der Waals surface area (Å²) in [7, 11) is 4.32. The zero-order valence-corrected chi connectivity index (χ0v) is 16.4. The van der Waals surface area contributed by atoms with Crippen molar-refractivity contribution < 1.29 is 28.6 Å². The van der Waals surface area contributed by atoms with Crippen LogP contribution in [0.3, 0.4) is 0 Å². The summed E-state index contributed by atoms with van der Waals surface area (Å²) in [6.07, 6.45) is 0.896. The Labute approximate surface area is 168 Å². The Kier molecular flexibility index (Phi) is 5.72. The van der Waals surface area contributed by atoms with E-state index in [2.05, 4.69) is 15.4 Å². The van der Waals surface area contributed by atoms with E-state index in [0.29, 0.717) is 41.3 Å². The molecule has 1 aliphatic rings. The van der Waals surface area contributed by atoms with Crippen LogP contribution < -0.4 is 20.1 Å². The molecule has 0 unspecified atom stereocenters. The van der Waals surface area contributed by atoms with Crippen LogP contribution in [-0.2, 0) is 14.3 Å². The van der Waals surface area contributed by atoms with Crippen molar-refractivity contribution >= 4 is 29.2 Å². The van der Waals surface area contributed by atoms with E-state index < -0.39 is 23.2 Å². The van der Waals surface area contributed by atoms with Gasteiger partial charge >= 0.3 is 5.97 Å². The highest BCUT2D eigenvalue weighted by Crippen LogP contribution is 2.48. The summed E-state index contributed by atoms with van der Waals surface area (Å²) in [5.41, 5.74) is 0.186. The van der Waals surface area contributed by atoms with E-state index in [4.69, 9.17) is 9.47 Å². The quantitative estimate of drug-likeness (QED) is 0.549. The Bertz CT molecular complexity index is 935. The molecule has 1 aliphatic carbocycles. The standard InChI is InChI=1S/C21H22N2O6/c1-27-15-8-9-16(17(12-15)28-2)23-20(26)21(10-11-21)19(25)22-14-6-4-13(5-7-14)18(24)29-3/h4-9,12H,10-11H2,1-3H3,(H,22,25)(H,23,26). The molecule has 0 aliphatic heterocycles. The van der Waals surface area contributed by atoms with Crippen molar-refractivity contribution in [2.24, 2.45) is 5.41 Å². The third-order valence-corrected chi connectivity index (χ3v) is 4.84. The minimum Gasteiger partial charge on any atom is -0.497 e. The van der Waals surface area contributed by atoms with Crippen molar-refractivity contribution in [2.45, 2.75) is 12.8 Å². The highest BCUT2D eigenvalue weighted by Gasteiger charge is 2.56. The van der Waals surface area contributed by atoms with Crippen molar-refractivity contribution in [3.63, 3.8) is 0 Å². The first-order valence-corrected chi connectivity index (χ1v) is 8.97. The predicted octanol–water partition coefficient (Wildman–Crippen LogP) is 2.85. The summed E-state index contributed by atoms with van der Waals surface area (Å²) < 4.78 is 15.1. The van der Waals surface area contributed by atoms with E-state index in [1.807, 2.05) is 0 Å². The molecule has 3 rings (SSSR count). The van der Waals surface area contributed by atoms with Crippen LogP contribution in [0.2, 0.25) is 0 Å². The van der Waals surface area contributed by atoms with Crippen molar-refractivity contribution in [1.82, 2.24) is 0 Å². The van der Waals surface area contributed by atoms with Gasteiger partial charge in [-0.1, -0.05) is 0 Å². The monoisotopic (exact) mass is 398 g/mol. The van der Waals surface area contributed by atoms with Crippen molar-refractivity contribution in [3.05, 3.63) is 48.0 Å². The normalized spacial score (nSPS) is 13.8. The van der Waals surface area contributed by atoms with Gasteiger partial charge < -0.3 is 24.8 Å². The summed E-state index contributed by atoms with van der Waals surface area (Å²) in [5.74, 6) is -0.228. The van der Waals surface area contributed by atoms with Gasteiger partial charge in [0.2, 0.25) is 11.8 Å². The average Bonchev–Trinajstić information content (AvgIpc) is 3.56. The van der Waals surface area contributed by atoms with Crippen LogP contribution in [0.25, 0.3) is 0 Å². The van der Waals surface area contributed by atoms with E-state index in [-0.39, 0.29) is 0 Å². The second-order valence-corrected chi connectivity index (χ2v) is 6.63. The topological polar surface area (TPSA) is 103 Å². The molecule has 0 saturated heterocycles. The number of rotatable bonds is 7. The highest BCUT2D eigenvalue weighted by molar-refractivity contribution is 6.17. The second kappa shape index (κ2) is 8.22. The summed E-state index contributed by atoms with van der Waals surface area (Å²) in [5, 5.41) is 5.51. The van der Waals surface area contributed by atoms with Crippen LogP contribution >= 0.6 is 0 Å². The summed E-state index contributed by atoms with van der Waals surface area (Å²) >= 11 is 0. The number of methoxy groups -OCH3 is 3. The van der Waals surface area contributed by atoms with E-state index in [1.54, 1.807) is 42.5 Å². The average molecular weight is 398 g/mol. The molecule has 1 saturated carbocycles. The lowest BCUT2D eigenvalue weighted by Gasteiger charge is -2.17. The smallest absolute Gasteiger partial charge is 0.337 e. The Morgan fingerprint density at radius 2 is 1.52 bits per heavy atom. The second-order valence-electron chi connectivity index (χ2n) is 6.63. The van der Waals surface area contributed by atoms with Gasteiger partial charge in [-0.2, -0.15) is 0 Å². The van der Waals surface area contributed by atoms with Crippen LogP contribution in [0.4, 0.5) is 11.4 Å². The molecule has 29 heavy (non-hydrogen) atoms. The van der Waals surface area contributed by atoms with Gasteiger partial charge in [0, 0.05) is 11.8 Å². The van der Waals surface area contributed by atoms with Crippen LogP contribution in [0.5, 0.6) is 11.5 Å². The first-order chi connectivity index (χ1) is 13.9. The number of hydrogen-bond acceptors (Lipinski definition) is 6.